The lowest BCUT2D eigenvalue weighted by Gasteiger charge is -2.27. The SMILES string of the molecule is NC(=O)c1ccc(C(=O)NCC2CCCCC2O)cc1. The molecule has 5 nitrogen and oxygen atoms in total. The van der Waals surface area contributed by atoms with Gasteiger partial charge in [-0.3, -0.25) is 9.59 Å². The Kier molecular flexibility index (Phi) is 4.74. The number of rotatable bonds is 4. The van der Waals surface area contributed by atoms with Gasteiger partial charge in [0.05, 0.1) is 6.10 Å². The van der Waals surface area contributed by atoms with E-state index in [-0.39, 0.29) is 17.9 Å². The second-order valence-corrected chi connectivity index (χ2v) is 5.26. The molecule has 4 N–H and O–H groups in total. The van der Waals surface area contributed by atoms with Crippen LogP contribution in [0.15, 0.2) is 24.3 Å². The van der Waals surface area contributed by atoms with Gasteiger partial charge in [0.2, 0.25) is 5.91 Å². The van der Waals surface area contributed by atoms with Crippen molar-refractivity contribution in [2.75, 3.05) is 6.54 Å². The Hall–Kier alpha value is -1.88. The van der Waals surface area contributed by atoms with E-state index in [1.54, 1.807) is 12.1 Å². The van der Waals surface area contributed by atoms with Crippen molar-refractivity contribution >= 4 is 11.8 Å². The van der Waals surface area contributed by atoms with Gasteiger partial charge in [-0.25, -0.2) is 0 Å². The fourth-order valence-electron chi connectivity index (χ4n) is 2.54. The van der Waals surface area contributed by atoms with Gasteiger partial charge in [-0.15, -0.1) is 0 Å². The van der Waals surface area contributed by atoms with Gasteiger partial charge >= 0.3 is 0 Å². The second kappa shape index (κ2) is 6.52. The van der Waals surface area contributed by atoms with E-state index < -0.39 is 5.91 Å². The first-order chi connectivity index (χ1) is 9.58. The van der Waals surface area contributed by atoms with E-state index in [0.717, 1.165) is 25.7 Å². The molecule has 1 saturated carbocycles. The van der Waals surface area contributed by atoms with Crippen LogP contribution in [0.3, 0.4) is 0 Å². The largest absolute Gasteiger partial charge is 0.393 e. The van der Waals surface area contributed by atoms with Gasteiger partial charge in [0, 0.05) is 23.6 Å². The number of benzene rings is 1. The van der Waals surface area contributed by atoms with E-state index in [9.17, 15) is 14.7 Å². The van der Waals surface area contributed by atoms with E-state index in [0.29, 0.717) is 17.7 Å². The lowest BCUT2D eigenvalue weighted by atomic mass is 9.86. The number of hydrogen-bond acceptors (Lipinski definition) is 3. The molecule has 1 aromatic carbocycles. The van der Waals surface area contributed by atoms with Crippen LogP contribution in [0.4, 0.5) is 0 Å². The maximum absolute atomic E-state index is 12.0. The molecule has 0 saturated heterocycles. The van der Waals surface area contributed by atoms with Crippen molar-refractivity contribution in [1.82, 2.24) is 5.32 Å². The van der Waals surface area contributed by atoms with Crippen molar-refractivity contribution in [2.24, 2.45) is 11.7 Å². The van der Waals surface area contributed by atoms with Crippen molar-refractivity contribution in [2.45, 2.75) is 31.8 Å². The van der Waals surface area contributed by atoms with Gasteiger partial charge in [0.25, 0.3) is 5.91 Å². The number of carbonyl (C=O) groups is 2. The number of amides is 2. The first kappa shape index (κ1) is 14.5. The number of aliphatic hydroxyl groups is 1. The highest BCUT2D eigenvalue weighted by molar-refractivity contribution is 5.97. The summed E-state index contributed by atoms with van der Waals surface area (Å²) < 4.78 is 0. The summed E-state index contributed by atoms with van der Waals surface area (Å²) in [6.07, 6.45) is 3.60. The maximum Gasteiger partial charge on any atom is 0.251 e. The Morgan fingerprint density at radius 1 is 1.15 bits per heavy atom. The third kappa shape index (κ3) is 3.57. The quantitative estimate of drug-likeness (QED) is 0.768. The van der Waals surface area contributed by atoms with Gasteiger partial charge in [0.15, 0.2) is 0 Å². The Morgan fingerprint density at radius 2 is 1.75 bits per heavy atom. The summed E-state index contributed by atoms with van der Waals surface area (Å²) in [6, 6.07) is 6.22. The number of carbonyl (C=O) groups excluding carboxylic acids is 2. The van der Waals surface area contributed by atoms with E-state index in [1.807, 2.05) is 0 Å². The predicted molar refractivity (Wildman–Crippen MR) is 75.3 cm³/mol. The van der Waals surface area contributed by atoms with Crippen LogP contribution in [0.2, 0.25) is 0 Å². The van der Waals surface area contributed by atoms with Gasteiger partial charge in [-0.05, 0) is 37.1 Å². The fraction of sp³-hybridized carbons (Fsp3) is 0.467. The summed E-state index contributed by atoms with van der Waals surface area (Å²) in [5, 5.41) is 12.7. The Labute approximate surface area is 118 Å². The molecule has 0 aliphatic heterocycles. The smallest absolute Gasteiger partial charge is 0.251 e. The molecule has 2 rings (SSSR count). The zero-order valence-electron chi connectivity index (χ0n) is 11.3. The molecule has 1 aliphatic rings. The van der Waals surface area contributed by atoms with Crippen LogP contribution in [0.1, 0.15) is 46.4 Å². The summed E-state index contributed by atoms with van der Waals surface area (Å²) in [7, 11) is 0. The molecule has 108 valence electrons. The molecule has 0 spiro atoms. The third-order valence-corrected chi connectivity index (χ3v) is 3.83. The fourth-order valence-corrected chi connectivity index (χ4v) is 2.54. The minimum atomic E-state index is -0.512. The third-order valence-electron chi connectivity index (χ3n) is 3.83. The molecule has 1 fully saturated rings. The Bertz CT molecular complexity index is 484. The maximum atomic E-state index is 12.0. The molecule has 0 radical (unpaired) electrons. The standard InChI is InChI=1S/C15H20N2O3/c16-14(19)10-5-7-11(8-6-10)15(20)17-9-12-3-1-2-4-13(12)18/h5-8,12-13,18H,1-4,9H2,(H2,16,19)(H,17,20). The molecular weight excluding hydrogens is 256 g/mol. The van der Waals surface area contributed by atoms with Crippen molar-refractivity contribution in [3.63, 3.8) is 0 Å². The number of nitrogens with two attached hydrogens (primary N) is 1. The van der Waals surface area contributed by atoms with Crippen LogP contribution in [0.5, 0.6) is 0 Å². The molecule has 20 heavy (non-hydrogen) atoms. The van der Waals surface area contributed by atoms with Crippen LogP contribution >= 0.6 is 0 Å². The minimum Gasteiger partial charge on any atom is -0.393 e. The van der Waals surface area contributed by atoms with Crippen LogP contribution in [-0.2, 0) is 0 Å². The zero-order valence-corrected chi connectivity index (χ0v) is 11.3. The summed E-state index contributed by atoms with van der Waals surface area (Å²) in [5.41, 5.74) is 6.01. The van der Waals surface area contributed by atoms with Gasteiger partial charge in [0.1, 0.15) is 0 Å². The number of aliphatic hydroxyl groups excluding tert-OH is 1. The molecule has 2 unspecified atom stereocenters. The Morgan fingerprint density at radius 3 is 2.35 bits per heavy atom. The van der Waals surface area contributed by atoms with E-state index in [4.69, 9.17) is 5.73 Å². The molecule has 5 heteroatoms. The van der Waals surface area contributed by atoms with Gasteiger partial charge < -0.3 is 16.2 Å². The summed E-state index contributed by atoms with van der Waals surface area (Å²) in [4.78, 5) is 22.9. The first-order valence-corrected chi connectivity index (χ1v) is 6.94. The van der Waals surface area contributed by atoms with E-state index >= 15 is 0 Å². The average Bonchev–Trinajstić information content (AvgIpc) is 2.46. The Balaban J connectivity index is 1.89. The van der Waals surface area contributed by atoms with Crippen molar-refractivity contribution in [3.05, 3.63) is 35.4 Å². The molecule has 0 bridgehead atoms. The highest BCUT2D eigenvalue weighted by Gasteiger charge is 2.23. The predicted octanol–water partition coefficient (Wildman–Crippen LogP) is 1.07. The average molecular weight is 276 g/mol. The van der Waals surface area contributed by atoms with Crippen LogP contribution in [0, 0.1) is 5.92 Å². The van der Waals surface area contributed by atoms with Crippen LogP contribution < -0.4 is 11.1 Å². The lowest BCUT2D eigenvalue weighted by molar-refractivity contribution is 0.0662. The summed E-state index contributed by atoms with van der Waals surface area (Å²) in [5.74, 6) is -0.571. The van der Waals surface area contributed by atoms with Crippen LogP contribution in [0.25, 0.3) is 0 Å². The zero-order chi connectivity index (χ0) is 14.5. The minimum absolute atomic E-state index is 0.137. The molecule has 1 aliphatic carbocycles. The molecule has 0 aromatic heterocycles. The topological polar surface area (TPSA) is 92.4 Å². The molecular formula is C15H20N2O3. The van der Waals surface area contributed by atoms with Crippen LogP contribution in [-0.4, -0.2) is 29.6 Å². The van der Waals surface area contributed by atoms with Crippen molar-refractivity contribution < 1.29 is 14.7 Å². The monoisotopic (exact) mass is 276 g/mol. The first-order valence-electron chi connectivity index (χ1n) is 6.94. The highest BCUT2D eigenvalue weighted by atomic mass is 16.3. The molecule has 2 atom stereocenters. The highest BCUT2D eigenvalue weighted by Crippen LogP contribution is 2.23. The van der Waals surface area contributed by atoms with Gasteiger partial charge in [-0.1, -0.05) is 12.8 Å². The number of primary amides is 1. The van der Waals surface area contributed by atoms with E-state index in [1.165, 1.54) is 12.1 Å². The lowest BCUT2D eigenvalue weighted by Crippen LogP contribution is -2.36. The number of nitrogens with one attached hydrogen (secondary N) is 1. The second-order valence-electron chi connectivity index (χ2n) is 5.26. The van der Waals surface area contributed by atoms with Gasteiger partial charge in [-0.2, -0.15) is 0 Å². The normalized spacial score (nSPS) is 22.2. The van der Waals surface area contributed by atoms with E-state index in [2.05, 4.69) is 5.32 Å². The van der Waals surface area contributed by atoms with Crippen molar-refractivity contribution in [1.29, 1.82) is 0 Å². The van der Waals surface area contributed by atoms with Crippen molar-refractivity contribution in [3.8, 4) is 0 Å². The molecule has 0 heterocycles. The molecule has 1 aromatic rings. The summed E-state index contributed by atoms with van der Waals surface area (Å²) in [6.45, 7) is 0.484. The molecule has 2 amide bonds. The summed E-state index contributed by atoms with van der Waals surface area (Å²) >= 11 is 0. The number of hydrogen-bond donors (Lipinski definition) is 3.